The zero-order valence-electron chi connectivity index (χ0n) is 12.5. The number of hydrogen-bond acceptors (Lipinski definition) is 1. The largest absolute Gasteiger partial charge is 0.310 e. The zero-order valence-corrected chi connectivity index (χ0v) is 12.5. The third kappa shape index (κ3) is 3.32. The maximum Gasteiger partial charge on any atom is 0.123 e. The molecule has 0 saturated heterocycles. The van der Waals surface area contributed by atoms with Crippen molar-refractivity contribution < 1.29 is 4.39 Å². The van der Waals surface area contributed by atoms with Crippen molar-refractivity contribution in [3.8, 4) is 0 Å². The van der Waals surface area contributed by atoms with Gasteiger partial charge < -0.3 is 5.32 Å². The van der Waals surface area contributed by atoms with Crippen molar-refractivity contribution in [2.24, 2.45) is 11.8 Å². The van der Waals surface area contributed by atoms with Crippen molar-refractivity contribution in [2.75, 3.05) is 6.54 Å². The Balaban J connectivity index is 3.21. The summed E-state index contributed by atoms with van der Waals surface area (Å²) in [5.41, 5.74) is 3.36. The lowest BCUT2D eigenvalue weighted by atomic mass is 9.82. The number of halogens is 1. The Bertz CT molecular complexity index is 375. The summed E-state index contributed by atoms with van der Waals surface area (Å²) >= 11 is 0. The maximum absolute atomic E-state index is 13.4. The van der Waals surface area contributed by atoms with E-state index in [4.69, 9.17) is 0 Å². The van der Waals surface area contributed by atoms with Crippen LogP contribution >= 0.6 is 0 Å². The van der Waals surface area contributed by atoms with Crippen molar-refractivity contribution >= 4 is 0 Å². The highest BCUT2D eigenvalue weighted by atomic mass is 19.1. The minimum absolute atomic E-state index is 0.138. The smallest absolute Gasteiger partial charge is 0.123 e. The third-order valence-electron chi connectivity index (χ3n) is 3.87. The van der Waals surface area contributed by atoms with E-state index in [9.17, 15) is 4.39 Å². The fourth-order valence-electron chi connectivity index (χ4n) is 2.57. The Morgan fingerprint density at radius 1 is 1.11 bits per heavy atom. The normalized spacial score (nSPS) is 14.9. The van der Waals surface area contributed by atoms with Crippen molar-refractivity contribution in [2.45, 2.75) is 47.6 Å². The van der Waals surface area contributed by atoms with Crippen LogP contribution in [0.4, 0.5) is 4.39 Å². The minimum Gasteiger partial charge on any atom is -0.310 e. The first kappa shape index (κ1) is 15.2. The Morgan fingerprint density at radius 2 is 1.61 bits per heavy atom. The van der Waals surface area contributed by atoms with Crippen molar-refractivity contribution in [1.82, 2.24) is 5.32 Å². The number of nitrogens with one attached hydrogen (secondary N) is 1. The van der Waals surface area contributed by atoms with E-state index in [-0.39, 0.29) is 5.82 Å². The van der Waals surface area contributed by atoms with Crippen LogP contribution in [0.15, 0.2) is 12.1 Å². The van der Waals surface area contributed by atoms with Crippen LogP contribution in [-0.2, 0) is 0 Å². The molecule has 1 aromatic rings. The van der Waals surface area contributed by atoms with Gasteiger partial charge in [0.25, 0.3) is 0 Å². The summed E-state index contributed by atoms with van der Waals surface area (Å²) in [5, 5.41) is 3.56. The summed E-state index contributed by atoms with van der Waals surface area (Å²) in [6, 6.07) is 3.58. The first-order valence-corrected chi connectivity index (χ1v) is 6.88. The molecule has 1 aromatic carbocycles. The molecule has 0 fully saturated rings. The van der Waals surface area contributed by atoms with Crippen LogP contribution < -0.4 is 5.32 Å². The molecule has 0 aliphatic heterocycles. The van der Waals surface area contributed by atoms with Gasteiger partial charge in [0.15, 0.2) is 0 Å². The molecular weight excluding hydrogens is 225 g/mol. The van der Waals surface area contributed by atoms with Crippen molar-refractivity contribution in [3.05, 3.63) is 34.6 Å². The molecule has 1 rings (SSSR count). The number of rotatable bonds is 5. The average molecular weight is 251 g/mol. The third-order valence-corrected chi connectivity index (χ3v) is 3.87. The van der Waals surface area contributed by atoms with E-state index in [1.807, 2.05) is 13.8 Å². The highest BCUT2D eigenvalue weighted by molar-refractivity contribution is 5.37. The molecule has 0 bridgehead atoms. The SMILES string of the molecule is CCNC(c1c(C)cc(F)cc1C)C(C)C(C)C. The van der Waals surface area contributed by atoms with Gasteiger partial charge in [-0.2, -0.15) is 0 Å². The first-order valence-electron chi connectivity index (χ1n) is 6.88. The van der Waals surface area contributed by atoms with Gasteiger partial charge in [0.1, 0.15) is 5.82 Å². The maximum atomic E-state index is 13.4. The molecule has 2 unspecified atom stereocenters. The summed E-state index contributed by atoms with van der Waals surface area (Å²) in [6.45, 7) is 13.8. The second-order valence-corrected chi connectivity index (χ2v) is 5.59. The van der Waals surface area contributed by atoms with Crippen LogP contribution in [-0.4, -0.2) is 6.54 Å². The molecule has 0 saturated carbocycles. The number of benzene rings is 1. The summed E-state index contributed by atoms with van der Waals surface area (Å²) in [7, 11) is 0. The minimum atomic E-state index is -0.138. The molecule has 0 radical (unpaired) electrons. The predicted octanol–water partition coefficient (Wildman–Crippen LogP) is 4.39. The molecular formula is C16H26FN. The summed E-state index contributed by atoms with van der Waals surface area (Å²) in [4.78, 5) is 0. The van der Waals surface area contributed by atoms with Crippen LogP contribution in [0.2, 0.25) is 0 Å². The first-order chi connectivity index (χ1) is 8.38. The summed E-state index contributed by atoms with van der Waals surface area (Å²) in [5.74, 6) is 0.979. The molecule has 0 amide bonds. The van der Waals surface area contributed by atoms with Crippen molar-refractivity contribution in [1.29, 1.82) is 0 Å². The Hall–Kier alpha value is -0.890. The van der Waals surface area contributed by atoms with E-state index in [1.165, 1.54) is 5.56 Å². The molecule has 0 aliphatic rings. The lowest BCUT2D eigenvalue weighted by Gasteiger charge is -2.30. The summed E-state index contributed by atoms with van der Waals surface area (Å²) in [6.07, 6.45) is 0. The van der Waals surface area contributed by atoms with Gasteiger partial charge in [0.05, 0.1) is 0 Å². The molecule has 102 valence electrons. The van der Waals surface area contributed by atoms with E-state index in [0.29, 0.717) is 17.9 Å². The zero-order chi connectivity index (χ0) is 13.9. The summed E-state index contributed by atoms with van der Waals surface area (Å²) < 4.78 is 13.4. The molecule has 1 N–H and O–H groups in total. The second kappa shape index (κ2) is 6.33. The predicted molar refractivity (Wildman–Crippen MR) is 76.3 cm³/mol. The number of hydrogen-bond donors (Lipinski definition) is 1. The lowest BCUT2D eigenvalue weighted by Crippen LogP contribution is -2.30. The van der Waals surface area contributed by atoms with E-state index in [0.717, 1.165) is 17.7 Å². The number of aryl methyl sites for hydroxylation is 2. The molecule has 0 spiro atoms. The van der Waals surface area contributed by atoms with Gasteiger partial charge in [-0.1, -0.05) is 27.7 Å². The second-order valence-electron chi connectivity index (χ2n) is 5.59. The van der Waals surface area contributed by atoms with E-state index in [1.54, 1.807) is 12.1 Å². The highest BCUT2D eigenvalue weighted by Gasteiger charge is 2.24. The lowest BCUT2D eigenvalue weighted by molar-refractivity contribution is 0.305. The molecule has 0 heterocycles. The Morgan fingerprint density at radius 3 is 2.00 bits per heavy atom. The van der Waals surface area contributed by atoms with Crippen LogP contribution in [0.25, 0.3) is 0 Å². The molecule has 1 nitrogen and oxygen atoms in total. The molecule has 2 heteroatoms. The quantitative estimate of drug-likeness (QED) is 0.818. The standard InChI is InChI=1S/C16H26FN/c1-7-18-16(13(6)10(2)3)15-11(4)8-14(17)9-12(15)5/h8-10,13,16,18H,7H2,1-6H3. The monoisotopic (exact) mass is 251 g/mol. The van der Waals surface area contributed by atoms with E-state index < -0.39 is 0 Å². The van der Waals surface area contributed by atoms with Crippen LogP contribution in [0.1, 0.15) is 50.4 Å². The van der Waals surface area contributed by atoms with Gasteiger partial charge in [-0.15, -0.1) is 0 Å². The Labute approximate surface area is 111 Å². The van der Waals surface area contributed by atoms with Crippen molar-refractivity contribution in [3.63, 3.8) is 0 Å². The van der Waals surface area contributed by atoms with Crippen LogP contribution in [0, 0.1) is 31.5 Å². The van der Waals surface area contributed by atoms with Gasteiger partial charge in [-0.3, -0.25) is 0 Å². The Kier molecular flexibility index (Phi) is 5.33. The van der Waals surface area contributed by atoms with Gasteiger partial charge in [0, 0.05) is 6.04 Å². The van der Waals surface area contributed by atoms with Crippen LogP contribution in [0.5, 0.6) is 0 Å². The average Bonchev–Trinajstić information content (AvgIpc) is 2.25. The van der Waals surface area contributed by atoms with Gasteiger partial charge in [-0.05, 0) is 61.1 Å². The fraction of sp³-hybridized carbons (Fsp3) is 0.625. The van der Waals surface area contributed by atoms with Gasteiger partial charge in [-0.25, -0.2) is 4.39 Å². The highest BCUT2D eigenvalue weighted by Crippen LogP contribution is 2.32. The molecule has 2 atom stereocenters. The van der Waals surface area contributed by atoms with Gasteiger partial charge >= 0.3 is 0 Å². The van der Waals surface area contributed by atoms with E-state index >= 15 is 0 Å². The van der Waals surface area contributed by atoms with E-state index in [2.05, 4.69) is 33.0 Å². The molecule has 0 aromatic heterocycles. The van der Waals surface area contributed by atoms with Crippen LogP contribution in [0.3, 0.4) is 0 Å². The molecule has 0 aliphatic carbocycles. The molecule has 18 heavy (non-hydrogen) atoms. The topological polar surface area (TPSA) is 12.0 Å². The fourth-order valence-corrected chi connectivity index (χ4v) is 2.57. The van der Waals surface area contributed by atoms with Gasteiger partial charge in [0.2, 0.25) is 0 Å².